The highest BCUT2D eigenvalue weighted by molar-refractivity contribution is 6.02. The van der Waals surface area contributed by atoms with Crippen molar-refractivity contribution in [2.45, 2.75) is 27.7 Å². The van der Waals surface area contributed by atoms with E-state index in [9.17, 15) is 9.59 Å². The SMILES string of the molecule is CCOC(=O)c1c(C)ccn1NC(=O)c1cccc(C)c1C. The van der Waals surface area contributed by atoms with Crippen molar-refractivity contribution >= 4 is 11.9 Å². The molecule has 2 rings (SSSR count). The highest BCUT2D eigenvalue weighted by atomic mass is 16.5. The summed E-state index contributed by atoms with van der Waals surface area (Å²) >= 11 is 0. The van der Waals surface area contributed by atoms with Crippen LogP contribution in [0.2, 0.25) is 0 Å². The summed E-state index contributed by atoms with van der Waals surface area (Å²) in [5.41, 5.74) is 6.36. The third-order valence-electron chi connectivity index (χ3n) is 3.63. The first kappa shape index (κ1) is 15.8. The van der Waals surface area contributed by atoms with E-state index in [0.717, 1.165) is 16.7 Å². The van der Waals surface area contributed by atoms with E-state index in [1.54, 1.807) is 32.2 Å². The van der Waals surface area contributed by atoms with Crippen LogP contribution in [0.3, 0.4) is 0 Å². The van der Waals surface area contributed by atoms with Crippen LogP contribution in [0.1, 0.15) is 44.5 Å². The van der Waals surface area contributed by atoms with Crippen molar-refractivity contribution < 1.29 is 14.3 Å². The number of ether oxygens (including phenoxy) is 1. The van der Waals surface area contributed by atoms with E-state index < -0.39 is 5.97 Å². The van der Waals surface area contributed by atoms with E-state index in [-0.39, 0.29) is 12.5 Å². The molecule has 1 heterocycles. The first-order valence-corrected chi connectivity index (χ1v) is 7.18. The van der Waals surface area contributed by atoms with Crippen molar-refractivity contribution in [3.8, 4) is 0 Å². The first-order valence-electron chi connectivity index (χ1n) is 7.18. The maximum absolute atomic E-state index is 12.4. The van der Waals surface area contributed by atoms with Gasteiger partial charge in [-0.2, -0.15) is 0 Å². The zero-order valence-electron chi connectivity index (χ0n) is 13.3. The van der Waals surface area contributed by atoms with E-state index >= 15 is 0 Å². The number of amides is 1. The van der Waals surface area contributed by atoms with Crippen molar-refractivity contribution in [3.63, 3.8) is 0 Å². The topological polar surface area (TPSA) is 60.3 Å². The number of carbonyl (C=O) groups excluding carboxylic acids is 2. The molecule has 0 atom stereocenters. The largest absolute Gasteiger partial charge is 0.461 e. The lowest BCUT2D eigenvalue weighted by atomic mass is 10.0. The van der Waals surface area contributed by atoms with Gasteiger partial charge in [-0.1, -0.05) is 12.1 Å². The predicted octanol–water partition coefficient (Wildman–Crippen LogP) is 2.97. The van der Waals surface area contributed by atoms with Gasteiger partial charge in [0, 0.05) is 11.8 Å². The molecule has 5 heteroatoms. The number of rotatable bonds is 4. The normalized spacial score (nSPS) is 10.4. The molecule has 1 N–H and O–H groups in total. The number of benzene rings is 1. The van der Waals surface area contributed by atoms with Crippen LogP contribution >= 0.6 is 0 Å². The molecule has 1 amide bonds. The molecule has 0 bridgehead atoms. The van der Waals surface area contributed by atoms with Crippen molar-refractivity contribution in [2.24, 2.45) is 0 Å². The maximum Gasteiger partial charge on any atom is 0.357 e. The van der Waals surface area contributed by atoms with Crippen molar-refractivity contribution in [1.29, 1.82) is 0 Å². The Balaban J connectivity index is 2.30. The zero-order chi connectivity index (χ0) is 16.3. The summed E-state index contributed by atoms with van der Waals surface area (Å²) in [7, 11) is 0. The predicted molar refractivity (Wildman–Crippen MR) is 84.7 cm³/mol. The second-order valence-corrected chi connectivity index (χ2v) is 5.13. The van der Waals surface area contributed by atoms with Crippen LogP contribution in [0, 0.1) is 20.8 Å². The molecular weight excluding hydrogens is 280 g/mol. The van der Waals surface area contributed by atoms with Gasteiger partial charge < -0.3 is 4.74 Å². The van der Waals surface area contributed by atoms with Gasteiger partial charge in [0.05, 0.1) is 6.61 Å². The molecule has 0 aliphatic carbocycles. The molecule has 1 aromatic carbocycles. The van der Waals surface area contributed by atoms with Crippen LogP contribution in [-0.2, 0) is 4.74 Å². The van der Waals surface area contributed by atoms with Gasteiger partial charge in [0.15, 0.2) is 5.69 Å². The fourth-order valence-electron chi connectivity index (χ4n) is 2.25. The Labute approximate surface area is 129 Å². The maximum atomic E-state index is 12.4. The molecule has 0 unspecified atom stereocenters. The fraction of sp³-hybridized carbons (Fsp3) is 0.294. The summed E-state index contributed by atoms with van der Waals surface area (Å²) in [5.74, 6) is -0.714. The molecule has 116 valence electrons. The molecule has 0 saturated carbocycles. The zero-order valence-corrected chi connectivity index (χ0v) is 13.3. The number of carbonyl (C=O) groups is 2. The molecule has 0 aliphatic heterocycles. The molecule has 0 fully saturated rings. The highest BCUT2D eigenvalue weighted by Crippen LogP contribution is 2.14. The van der Waals surface area contributed by atoms with E-state index in [1.807, 2.05) is 26.0 Å². The molecule has 0 saturated heterocycles. The van der Waals surface area contributed by atoms with Gasteiger partial charge in [-0.15, -0.1) is 0 Å². The number of esters is 1. The average Bonchev–Trinajstić information content (AvgIpc) is 2.83. The molecule has 5 nitrogen and oxygen atoms in total. The number of hydrogen-bond acceptors (Lipinski definition) is 3. The minimum absolute atomic E-state index is 0.262. The number of hydrogen-bond donors (Lipinski definition) is 1. The van der Waals surface area contributed by atoms with Crippen LogP contribution in [0.15, 0.2) is 30.5 Å². The van der Waals surface area contributed by atoms with E-state index in [4.69, 9.17) is 4.74 Å². The number of nitrogens with zero attached hydrogens (tertiary/aromatic N) is 1. The lowest BCUT2D eigenvalue weighted by Crippen LogP contribution is -2.27. The van der Waals surface area contributed by atoms with Crippen molar-refractivity contribution in [2.75, 3.05) is 12.0 Å². The standard InChI is InChI=1S/C17H20N2O3/c1-5-22-17(21)15-12(3)9-10-19(15)18-16(20)14-8-6-7-11(2)13(14)4/h6-10H,5H2,1-4H3,(H,18,20). The van der Waals surface area contributed by atoms with Gasteiger partial charge in [0.1, 0.15) is 0 Å². The first-order chi connectivity index (χ1) is 10.5. The van der Waals surface area contributed by atoms with Crippen LogP contribution in [0.5, 0.6) is 0 Å². The number of aryl methyl sites for hydroxylation is 2. The summed E-state index contributed by atoms with van der Waals surface area (Å²) in [4.78, 5) is 24.4. The minimum Gasteiger partial charge on any atom is -0.461 e. The Morgan fingerprint density at radius 2 is 1.86 bits per heavy atom. The van der Waals surface area contributed by atoms with E-state index in [2.05, 4.69) is 5.43 Å². The highest BCUT2D eigenvalue weighted by Gasteiger charge is 2.18. The van der Waals surface area contributed by atoms with Gasteiger partial charge in [-0.05, 0) is 56.5 Å². The van der Waals surface area contributed by atoms with Crippen LogP contribution in [-0.4, -0.2) is 23.2 Å². The van der Waals surface area contributed by atoms with Gasteiger partial charge in [0.25, 0.3) is 5.91 Å². The number of aromatic nitrogens is 1. The second kappa shape index (κ2) is 6.47. The summed E-state index contributed by atoms with van der Waals surface area (Å²) in [6.45, 7) is 7.68. The summed E-state index contributed by atoms with van der Waals surface area (Å²) in [5, 5.41) is 0. The van der Waals surface area contributed by atoms with Gasteiger partial charge in [-0.3, -0.25) is 14.9 Å². The van der Waals surface area contributed by atoms with Crippen LogP contribution in [0.4, 0.5) is 0 Å². The van der Waals surface area contributed by atoms with Gasteiger partial charge >= 0.3 is 5.97 Å². The Morgan fingerprint density at radius 3 is 2.55 bits per heavy atom. The molecule has 22 heavy (non-hydrogen) atoms. The Hall–Kier alpha value is -2.56. The Bertz CT molecular complexity index is 717. The lowest BCUT2D eigenvalue weighted by Gasteiger charge is -2.13. The Kier molecular flexibility index (Phi) is 4.65. The summed E-state index contributed by atoms with van der Waals surface area (Å²) < 4.78 is 6.44. The van der Waals surface area contributed by atoms with Crippen LogP contribution in [0.25, 0.3) is 0 Å². The molecule has 1 aromatic heterocycles. The monoisotopic (exact) mass is 300 g/mol. The summed E-state index contributed by atoms with van der Waals surface area (Å²) in [6.07, 6.45) is 1.64. The van der Waals surface area contributed by atoms with E-state index in [1.165, 1.54) is 4.68 Å². The summed E-state index contributed by atoms with van der Waals surface area (Å²) in [6, 6.07) is 7.31. The van der Waals surface area contributed by atoms with Gasteiger partial charge in [0.2, 0.25) is 0 Å². The van der Waals surface area contributed by atoms with Gasteiger partial charge in [-0.25, -0.2) is 4.79 Å². The number of nitrogens with one attached hydrogen (secondary N) is 1. The molecule has 0 radical (unpaired) electrons. The fourth-order valence-corrected chi connectivity index (χ4v) is 2.25. The quantitative estimate of drug-likeness (QED) is 0.883. The molecule has 2 aromatic rings. The van der Waals surface area contributed by atoms with E-state index in [0.29, 0.717) is 11.3 Å². The average molecular weight is 300 g/mol. The van der Waals surface area contributed by atoms with Crippen molar-refractivity contribution in [1.82, 2.24) is 4.68 Å². The molecular formula is C17H20N2O3. The third kappa shape index (κ3) is 3.03. The lowest BCUT2D eigenvalue weighted by molar-refractivity contribution is 0.0515. The minimum atomic E-state index is -0.453. The third-order valence-corrected chi connectivity index (χ3v) is 3.63. The molecule has 0 spiro atoms. The van der Waals surface area contributed by atoms with Crippen LogP contribution < -0.4 is 5.43 Å². The van der Waals surface area contributed by atoms with Crippen molar-refractivity contribution in [3.05, 3.63) is 58.4 Å². The second-order valence-electron chi connectivity index (χ2n) is 5.13. The Morgan fingerprint density at radius 1 is 1.14 bits per heavy atom. The smallest absolute Gasteiger partial charge is 0.357 e. The molecule has 0 aliphatic rings.